The number of halogens is 1. The molecule has 0 saturated heterocycles. The number of aromatic nitrogens is 2. The Labute approximate surface area is 139 Å². The van der Waals surface area contributed by atoms with Gasteiger partial charge in [0.25, 0.3) is 10.0 Å². The van der Waals surface area contributed by atoms with Crippen molar-refractivity contribution in [3.8, 4) is 0 Å². The molecule has 0 aliphatic rings. The van der Waals surface area contributed by atoms with Crippen molar-refractivity contribution in [1.82, 2.24) is 9.97 Å². The molecule has 0 atom stereocenters. The van der Waals surface area contributed by atoms with Crippen LogP contribution in [0.15, 0.2) is 41.6 Å². The van der Waals surface area contributed by atoms with Crippen molar-refractivity contribution < 1.29 is 9.84 Å². The summed E-state index contributed by atoms with van der Waals surface area (Å²) in [7, 11) is -3.71. The summed E-state index contributed by atoms with van der Waals surface area (Å²) in [5, 5.41) is 0.104. The Morgan fingerprint density at radius 1 is 1.21 bits per heavy atom. The van der Waals surface area contributed by atoms with Gasteiger partial charge in [-0.15, -0.1) is 0 Å². The van der Waals surface area contributed by atoms with Gasteiger partial charge in [-0.05, 0) is 24.3 Å². The van der Waals surface area contributed by atoms with Crippen LogP contribution in [0.5, 0.6) is 0 Å². The van der Waals surface area contributed by atoms with E-state index in [0.29, 0.717) is 5.69 Å². The molecule has 0 aliphatic carbocycles. The molecule has 0 saturated carbocycles. The van der Waals surface area contributed by atoms with E-state index < -0.39 is 10.0 Å². The zero-order valence-electron chi connectivity index (χ0n) is 10.0. The number of hydrogen-bond acceptors (Lipinski definition) is 5. The van der Waals surface area contributed by atoms with Gasteiger partial charge in [-0.1, -0.05) is 11.6 Å². The van der Waals surface area contributed by atoms with Gasteiger partial charge in [-0.25, -0.2) is 13.4 Å². The van der Waals surface area contributed by atoms with Gasteiger partial charge in [-0.3, -0.25) is 9.71 Å². The quantitative estimate of drug-likeness (QED) is 0.659. The average Bonchev–Trinajstić information content (AvgIpc) is 2.29. The third-order valence-electron chi connectivity index (χ3n) is 2.03. The summed E-state index contributed by atoms with van der Waals surface area (Å²) in [6.07, 6.45) is 2.57. The Bertz CT molecular complexity index is 669. The minimum atomic E-state index is -3.71. The molecule has 0 spiro atoms. The normalized spacial score (nSPS) is 10.6. The van der Waals surface area contributed by atoms with Crippen LogP contribution in [0.2, 0.25) is 5.15 Å². The van der Waals surface area contributed by atoms with Gasteiger partial charge in [0.05, 0.1) is 17.3 Å². The summed E-state index contributed by atoms with van der Waals surface area (Å²) < 4.78 is 26.2. The number of rotatable bonds is 3. The van der Waals surface area contributed by atoms with Crippen LogP contribution in [0.1, 0.15) is 1.43 Å². The smallest absolute Gasteiger partial charge is 0.263 e. The molecule has 19 heavy (non-hydrogen) atoms. The second kappa shape index (κ2) is 6.53. The number of nitrogens with one attached hydrogen (secondary N) is 1. The fourth-order valence-electron chi connectivity index (χ4n) is 1.23. The van der Waals surface area contributed by atoms with Gasteiger partial charge in [0.1, 0.15) is 5.15 Å². The Hall–Kier alpha value is -0.860. The monoisotopic (exact) mass is 309 g/mol. The van der Waals surface area contributed by atoms with Crippen LogP contribution < -0.4 is 10.5 Å². The number of hydrogen-bond donors (Lipinski definition) is 2. The number of benzene rings is 1. The molecule has 0 aliphatic heterocycles. The predicted molar refractivity (Wildman–Crippen MR) is 76.6 cm³/mol. The Balaban J connectivity index is 0.00000180. The molecule has 0 fully saturated rings. The summed E-state index contributed by atoms with van der Waals surface area (Å²) in [6.45, 7) is 0. The molecule has 1 heterocycles. The maximum atomic E-state index is 12.0. The maximum absolute atomic E-state index is 12.0. The van der Waals surface area contributed by atoms with Crippen molar-refractivity contribution in [2.45, 2.75) is 4.90 Å². The molecule has 1 radical (unpaired) electrons. The first kappa shape index (κ1) is 16.2. The van der Waals surface area contributed by atoms with Gasteiger partial charge in [0.2, 0.25) is 0 Å². The van der Waals surface area contributed by atoms with E-state index in [4.69, 9.17) is 17.3 Å². The number of nitrogen functional groups attached to an aromatic ring is 1. The van der Waals surface area contributed by atoms with E-state index in [-0.39, 0.29) is 46.9 Å². The minimum absolute atomic E-state index is 0. The van der Waals surface area contributed by atoms with Gasteiger partial charge in [0, 0.05) is 36.7 Å². The summed E-state index contributed by atoms with van der Waals surface area (Å²) in [5.41, 5.74) is 5.97. The molecule has 2 rings (SSSR count). The molecule has 2 aromatic rings. The van der Waals surface area contributed by atoms with Crippen molar-refractivity contribution in [3.63, 3.8) is 0 Å². The van der Waals surface area contributed by atoms with Crippen LogP contribution in [-0.2, 0) is 10.0 Å². The molecular weight excluding hydrogens is 299 g/mol. The number of sulfonamides is 1. The number of anilines is 2. The van der Waals surface area contributed by atoms with Crippen LogP contribution in [0.3, 0.4) is 0 Å². The summed E-state index contributed by atoms with van der Waals surface area (Å²) in [5.74, 6) is 0.0549. The van der Waals surface area contributed by atoms with Crippen molar-refractivity contribution in [2.75, 3.05) is 10.5 Å². The topological polar surface area (TPSA) is 98.0 Å². The molecule has 9 heteroatoms. The largest absolute Gasteiger partial charge is 0.399 e. The fourth-order valence-corrected chi connectivity index (χ4v) is 2.37. The molecule has 0 bridgehead atoms. The van der Waals surface area contributed by atoms with E-state index in [2.05, 4.69) is 14.7 Å². The first-order chi connectivity index (χ1) is 8.47. The van der Waals surface area contributed by atoms with Crippen molar-refractivity contribution in [3.05, 3.63) is 41.8 Å². The zero-order valence-corrected chi connectivity index (χ0v) is 13.6. The molecule has 0 unspecified atom stereocenters. The first-order valence-corrected chi connectivity index (χ1v) is 6.69. The zero-order chi connectivity index (χ0) is 13.2. The molecule has 6 nitrogen and oxygen atoms in total. The standard InChI is InChI=1S/C10H9ClN4O2S.Na.H2/c11-9-5-13-6-10(14-9)15-18(16,17)8-3-1-7(12)2-4-8;;/h1-6H,12H2,(H,14,15);;1H. The molecule has 0 amide bonds. The van der Waals surface area contributed by atoms with E-state index in [0.717, 1.165) is 0 Å². The Morgan fingerprint density at radius 2 is 1.84 bits per heavy atom. The van der Waals surface area contributed by atoms with Gasteiger partial charge in [0.15, 0.2) is 5.82 Å². The molecule has 3 N–H and O–H groups in total. The van der Waals surface area contributed by atoms with E-state index in [9.17, 15) is 8.42 Å². The fraction of sp³-hybridized carbons (Fsp3) is 0. The van der Waals surface area contributed by atoms with Gasteiger partial charge >= 0.3 is 0 Å². The third kappa shape index (κ3) is 4.32. The van der Waals surface area contributed by atoms with Crippen molar-refractivity contribution in [2.24, 2.45) is 0 Å². The second-order valence-electron chi connectivity index (χ2n) is 3.40. The summed E-state index contributed by atoms with van der Waals surface area (Å²) >= 11 is 5.62. The van der Waals surface area contributed by atoms with E-state index >= 15 is 0 Å². The van der Waals surface area contributed by atoms with Crippen molar-refractivity contribution in [1.29, 1.82) is 0 Å². The summed E-state index contributed by atoms with van der Waals surface area (Å²) in [4.78, 5) is 7.61. The van der Waals surface area contributed by atoms with E-state index in [1.807, 2.05) is 0 Å². The van der Waals surface area contributed by atoms with Crippen LogP contribution in [-0.4, -0.2) is 47.9 Å². The summed E-state index contributed by atoms with van der Waals surface area (Å²) in [6, 6.07) is 5.79. The van der Waals surface area contributed by atoms with Gasteiger partial charge < -0.3 is 5.73 Å². The predicted octanol–water partition coefficient (Wildman–Crippen LogP) is 1.38. The molecule has 1 aromatic carbocycles. The average molecular weight is 310 g/mol. The van der Waals surface area contributed by atoms with Crippen LogP contribution >= 0.6 is 11.6 Å². The Morgan fingerprint density at radius 3 is 2.42 bits per heavy atom. The van der Waals surface area contributed by atoms with Crippen LogP contribution in [0, 0.1) is 0 Å². The first-order valence-electron chi connectivity index (χ1n) is 4.83. The second-order valence-corrected chi connectivity index (χ2v) is 5.47. The molecular formula is C10H11ClN4NaO2S. The maximum Gasteiger partial charge on any atom is 0.263 e. The molecule has 97 valence electrons. The van der Waals surface area contributed by atoms with E-state index in [1.54, 1.807) is 0 Å². The number of nitrogens with two attached hydrogens (primary N) is 1. The van der Waals surface area contributed by atoms with Crippen molar-refractivity contribution >= 4 is 62.7 Å². The number of nitrogens with zero attached hydrogens (tertiary/aromatic N) is 2. The SMILES string of the molecule is Nc1ccc(S(=O)(=O)Nc2cncc(Cl)n2)cc1.[HH].[Na]. The molecule has 1 aromatic heterocycles. The third-order valence-corrected chi connectivity index (χ3v) is 3.59. The van der Waals surface area contributed by atoms with Crippen LogP contribution in [0.4, 0.5) is 11.5 Å². The minimum Gasteiger partial charge on any atom is -0.399 e. The Kier molecular flexibility index (Phi) is 5.57. The van der Waals surface area contributed by atoms with E-state index in [1.165, 1.54) is 36.7 Å². The van der Waals surface area contributed by atoms with Crippen LogP contribution in [0.25, 0.3) is 0 Å². The van der Waals surface area contributed by atoms with Gasteiger partial charge in [-0.2, -0.15) is 0 Å².